The van der Waals surface area contributed by atoms with Gasteiger partial charge >= 0.3 is 0 Å². The summed E-state index contributed by atoms with van der Waals surface area (Å²) in [5.41, 5.74) is 0.265. The summed E-state index contributed by atoms with van der Waals surface area (Å²) in [6.07, 6.45) is 7.39. The Hall–Kier alpha value is -0.870. The second kappa shape index (κ2) is 5.85. The van der Waals surface area contributed by atoms with E-state index in [4.69, 9.17) is 4.74 Å². The van der Waals surface area contributed by atoms with E-state index >= 15 is 0 Å². The number of nitrogens with zero attached hydrogens (tertiary/aromatic N) is 1. The Kier molecular flexibility index (Phi) is 4.40. The van der Waals surface area contributed by atoms with Crippen LogP contribution in [0.4, 0.5) is 0 Å². The second-order valence-electron chi connectivity index (χ2n) is 5.65. The van der Waals surface area contributed by atoms with Gasteiger partial charge in [-0.25, -0.2) is 4.98 Å². The van der Waals surface area contributed by atoms with E-state index in [9.17, 15) is 0 Å². The zero-order valence-corrected chi connectivity index (χ0v) is 11.7. The summed E-state index contributed by atoms with van der Waals surface area (Å²) in [6, 6.07) is 0.589. The van der Waals surface area contributed by atoms with Crippen LogP contribution in [0.25, 0.3) is 0 Å². The minimum Gasteiger partial charge on any atom is -0.378 e. The number of hydrogen-bond donors (Lipinski definition) is 2. The van der Waals surface area contributed by atoms with Gasteiger partial charge in [0.05, 0.1) is 6.10 Å². The lowest BCUT2D eigenvalue weighted by atomic mass is 9.64. The lowest BCUT2D eigenvalue weighted by molar-refractivity contribution is -0.113. The second-order valence-corrected chi connectivity index (χ2v) is 5.65. The van der Waals surface area contributed by atoms with E-state index in [2.05, 4.69) is 36.1 Å². The highest BCUT2D eigenvalue weighted by Crippen LogP contribution is 2.42. The number of aromatic nitrogens is 2. The first kappa shape index (κ1) is 13.6. The average molecular weight is 251 g/mol. The van der Waals surface area contributed by atoms with E-state index in [0.29, 0.717) is 12.1 Å². The first-order valence-electron chi connectivity index (χ1n) is 6.97. The van der Waals surface area contributed by atoms with Gasteiger partial charge in [0.25, 0.3) is 0 Å². The van der Waals surface area contributed by atoms with E-state index in [-0.39, 0.29) is 5.41 Å². The molecule has 1 aromatic heterocycles. The van der Waals surface area contributed by atoms with Gasteiger partial charge in [-0.15, -0.1) is 0 Å². The van der Waals surface area contributed by atoms with Crippen molar-refractivity contribution >= 4 is 0 Å². The highest BCUT2D eigenvalue weighted by molar-refractivity contribution is 5.02. The predicted molar refractivity (Wildman–Crippen MR) is 72.5 cm³/mol. The Balaban J connectivity index is 1.63. The number of hydrogen-bond acceptors (Lipinski definition) is 3. The van der Waals surface area contributed by atoms with Crippen molar-refractivity contribution in [3.8, 4) is 0 Å². The summed E-state index contributed by atoms with van der Waals surface area (Å²) in [5, 5.41) is 3.64. The Bertz CT molecular complexity index is 348. The zero-order chi connectivity index (χ0) is 13.0. The van der Waals surface area contributed by atoms with Crippen LogP contribution in [0.5, 0.6) is 0 Å². The molecule has 2 N–H and O–H groups in total. The van der Waals surface area contributed by atoms with Crippen molar-refractivity contribution in [2.75, 3.05) is 13.2 Å². The van der Waals surface area contributed by atoms with Crippen LogP contribution in [-0.2, 0) is 11.2 Å². The maximum Gasteiger partial charge on any atom is 0.106 e. The number of ether oxygens (including phenoxy) is 1. The third kappa shape index (κ3) is 2.93. The van der Waals surface area contributed by atoms with Gasteiger partial charge in [-0.2, -0.15) is 0 Å². The van der Waals surface area contributed by atoms with Crippen molar-refractivity contribution < 1.29 is 4.74 Å². The molecule has 0 spiro atoms. The van der Waals surface area contributed by atoms with Crippen LogP contribution < -0.4 is 5.32 Å². The molecule has 1 heterocycles. The number of nitrogens with one attached hydrogen (secondary N) is 2. The number of aryl methyl sites for hydroxylation is 1. The summed E-state index contributed by atoms with van der Waals surface area (Å²) in [5.74, 6) is 1.08. The molecule has 2 unspecified atom stereocenters. The number of aromatic amines is 1. The lowest BCUT2D eigenvalue weighted by Crippen LogP contribution is -2.61. The van der Waals surface area contributed by atoms with Gasteiger partial charge in [-0.1, -0.05) is 13.8 Å². The Morgan fingerprint density at radius 2 is 2.39 bits per heavy atom. The predicted octanol–water partition coefficient (Wildman–Crippen LogP) is 2.14. The van der Waals surface area contributed by atoms with E-state index < -0.39 is 0 Å². The molecule has 1 saturated carbocycles. The molecule has 0 saturated heterocycles. The number of rotatable bonds is 7. The molecule has 1 aliphatic carbocycles. The molecule has 0 bridgehead atoms. The van der Waals surface area contributed by atoms with Crippen LogP contribution in [0.3, 0.4) is 0 Å². The summed E-state index contributed by atoms with van der Waals surface area (Å²) in [4.78, 5) is 7.36. The molecule has 0 aromatic carbocycles. The van der Waals surface area contributed by atoms with Crippen molar-refractivity contribution in [3.63, 3.8) is 0 Å². The van der Waals surface area contributed by atoms with Crippen LogP contribution in [0, 0.1) is 5.41 Å². The lowest BCUT2D eigenvalue weighted by Gasteiger charge is -2.52. The van der Waals surface area contributed by atoms with Crippen LogP contribution in [0.1, 0.15) is 39.4 Å². The van der Waals surface area contributed by atoms with Gasteiger partial charge in [-0.05, 0) is 26.3 Å². The highest BCUT2D eigenvalue weighted by atomic mass is 16.5. The molecule has 1 fully saturated rings. The third-order valence-corrected chi connectivity index (χ3v) is 4.08. The molecule has 4 nitrogen and oxygen atoms in total. The molecule has 102 valence electrons. The quantitative estimate of drug-likeness (QED) is 0.730. The first-order chi connectivity index (χ1) is 8.64. The molecule has 1 aromatic rings. The van der Waals surface area contributed by atoms with Crippen molar-refractivity contribution in [2.24, 2.45) is 5.41 Å². The van der Waals surface area contributed by atoms with Gasteiger partial charge in [0.1, 0.15) is 5.82 Å². The fraction of sp³-hybridized carbons (Fsp3) is 0.786. The summed E-state index contributed by atoms with van der Waals surface area (Å²) in [7, 11) is 0. The van der Waals surface area contributed by atoms with Crippen LogP contribution in [-0.4, -0.2) is 35.3 Å². The van der Waals surface area contributed by atoms with E-state index in [1.54, 1.807) is 0 Å². The molecule has 0 aliphatic heterocycles. The standard InChI is InChI=1S/C14H25N3O/c1-4-18-12-10-11(14(12,2)3)15-7-5-6-13-16-8-9-17-13/h8-9,11-12,15H,4-7,10H2,1-3H3,(H,16,17). The topological polar surface area (TPSA) is 49.9 Å². The number of H-pyrrole nitrogens is 1. The molecule has 2 atom stereocenters. The van der Waals surface area contributed by atoms with Gasteiger partial charge in [0, 0.05) is 36.9 Å². The largest absolute Gasteiger partial charge is 0.378 e. The molecular formula is C14H25N3O. The van der Waals surface area contributed by atoms with Gasteiger partial charge in [0.2, 0.25) is 0 Å². The SMILES string of the molecule is CCOC1CC(NCCCc2ncc[nH]2)C1(C)C. The smallest absolute Gasteiger partial charge is 0.106 e. The summed E-state index contributed by atoms with van der Waals surface area (Å²) >= 11 is 0. The van der Waals surface area contributed by atoms with E-state index in [1.165, 1.54) is 0 Å². The Morgan fingerprint density at radius 1 is 1.56 bits per heavy atom. The van der Waals surface area contributed by atoms with Crippen molar-refractivity contribution in [3.05, 3.63) is 18.2 Å². The van der Waals surface area contributed by atoms with Gasteiger partial charge in [-0.3, -0.25) is 0 Å². The van der Waals surface area contributed by atoms with Crippen LogP contribution in [0.15, 0.2) is 12.4 Å². The summed E-state index contributed by atoms with van der Waals surface area (Å²) < 4.78 is 5.73. The van der Waals surface area contributed by atoms with E-state index in [0.717, 1.165) is 38.2 Å². The van der Waals surface area contributed by atoms with Crippen molar-refractivity contribution in [1.29, 1.82) is 0 Å². The Labute approximate surface area is 110 Å². The molecule has 4 heteroatoms. The highest BCUT2D eigenvalue weighted by Gasteiger charge is 2.48. The van der Waals surface area contributed by atoms with Crippen LogP contribution >= 0.6 is 0 Å². The molecule has 2 rings (SSSR count). The fourth-order valence-corrected chi connectivity index (χ4v) is 2.68. The van der Waals surface area contributed by atoms with Crippen molar-refractivity contribution in [1.82, 2.24) is 15.3 Å². The molecule has 0 radical (unpaired) electrons. The third-order valence-electron chi connectivity index (χ3n) is 4.08. The molecular weight excluding hydrogens is 226 g/mol. The minimum absolute atomic E-state index is 0.265. The molecule has 0 amide bonds. The molecule has 18 heavy (non-hydrogen) atoms. The zero-order valence-electron chi connectivity index (χ0n) is 11.7. The monoisotopic (exact) mass is 251 g/mol. The average Bonchev–Trinajstić information content (AvgIpc) is 2.84. The normalized spacial score (nSPS) is 25.9. The molecule has 1 aliphatic rings. The maximum absolute atomic E-state index is 5.73. The van der Waals surface area contributed by atoms with Crippen LogP contribution in [0.2, 0.25) is 0 Å². The maximum atomic E-state index is 5.73. The van der Waals surface area contributed by atoms with Gasteiger partial charge in [0.15, 0.2) is 0 Å². The summed E-state index contributed by atoms with van der Waals surface area (Å²) in [6.45, 7) is 8.52. The van der Waals surface area contributed by atoms with Gasteiger partial charge < -0.3 is 15.0 Å². The minimum atomic E-state index is 0.265. The fourth-order valence-electron chi connectivity index (χ4n) is 2.68. The Morgan fingerprint density at radius 3 is 3.00 bits per heavy atom. The van der Waals surface area contributed by atoms with Crippen molar-refractivity contribution in [2.45, 2.75) is 52.2 Å². The first-order valence-corrected chi connectivity index (χ1v) is 6.97. The number of imidazole rings is 1. The van der Waals surface area contributed by atoms with E-state index in [1.807, 2.05) is 12.4 Å².